The van der Waals surface area contributed by atoms with Crippen molar-refractivity contribution in [2.24, 2.45) is 5.41 Å². The number of nitriles is 1. The Kier molecular flexibility index (Phi) is 3.26. The summed E-state index contributed by atoms with van der Waals surface area (Å²) < 4.78 is 3.31. The molecule has 0 saturated carbocycles. The highest BCUT2D eigenvalue weighted by Crippen LogP contribution is 2.24. The lowest BCUT2D eigenvalue weighted by Gasteiger charge is -2.15. The zero-order valence-electron chi connectivity index (χ0n) is 10.1. The standard InChI is InChI=1S/C14H15BrN2/c1-14(2,10-16)6-8-17-7-5-11-9-12(15)3-4-13(11)17/h3-5,7,9H,6,8H2,1-2H3. The first-order chi connectivity index (χ1) is 8.02. The largest absolute Gasteiger partial charge is 0.347 e. The number of aryl methyl sites for hydroxylation is 1. The maximum absolute atomic E-state index is 9.01. The van der Waals surface area contributed by atoms with E-state index in [0.29, 0.717) is 0 Å². The number of benzene rings is 1. The van der Waals surface area contributed by atoms with Gasteiger partial charge >= 0.3 is 0 Å². The van der Waals surface area contributed by atoms with Gasteiger partial charge in [0, 0.05) is 28.1 Å². The molecule has 0 unspecified atom stereocenters. The van der Waals surface area contributed by atoms with Crippen molar-refractivity contribution in [2.75, 3.05) is 0 Å². The Morgan fingerprint density at radius 1 is 1.35 bits per heavy atom. The van der Waals surface area contributed by atoms with Gasteiger partial charge in [-0.3, -0.25) is 0 Å². The third kappa shape index (κ3) is 2.70. The number of hydrogen-bond acceptors (Lipinski definition) is 1. The number of rotatable bonds is 3. The summed E-state index contributed by atoms with van der Waals surface area (Å²) in [5, 5.41) is 10.2. The fraction of sp³-hybridized carbons (Fsp3) is 0.357. The second-order valence-corrected chi connectivity index (χ2v) is 5.87. The van der Waals surface area contributed by atoms with Crippen LogP contribution in [-0.4, -0.2) is 4.57 Å². The van der Waals surface area contributed by atoms with Crippen LogP contribution in [0.15, 0.2) is 34.9 Å². The molecule has 2 aromatic rings. The van der Waals surface area contributed by atoms with Gasteiger partial charge in [-0.1, -0.05) is 15.9 Å². The molecule has 0 aliphatic rings. The Bertz CT molecular complexity index is 575. The number of nitrogens with zero attached hydrogens (tertiary/aromatic N) is 2. The van der Waals surface area contributed by atoms with Crippen LogP contribution in [0.3, 0.4) is 0 Å². The molecule has 0 saturated heterocycles. The van der Waals surface area contributed by atoms with E-state index < -0.39 is 0 Å². The Balaban J connectivity index is 2.23. The number of aromatic nitrogens is 1. The molecule has 0 spiro atoms. The molecule has 0 bridgehead atoms. The van der Waals surface area contributed by atoms with E-state index in [9.17, 15) is 0 Å². The summed E-state index contributed by atoms with van der Waals surface area (Å²) in [4.78, 5) is 0. The highest BCUT2D eigenvalue weighted by molar-refractivity contribution is 9.10. The minimum Gasteiger partial charge on any atom is -0.347 e. The lowest BCUT2D eigenvalue weighted by molar-refractivity contribution is 0.417. The summed E-state index contributed by atoms with van der Waals surface area (Å²) >= 11 is 3.47. The van der Waals surface area contributed by atoms with E-state index in [1.54, 1.807) is 0 Å². The molecular weight excluding hydrogens is 276 g/mol. The summed E-state index contributed by atoms with van der Waals surface area (Å²) in [6, 6.07) is 10.7. The van der Waals surface area contributed by atoms with Crippen molar-refractivity contribution < 1.29 is 0 Å². The van der Waals surface area contributed by atoms with Crippen molar-refractivity contribution in [3.63, 3.8) is 0 Å². The van der Waals surface area contributed by atoms with Crippen molar-refractivity contribution in [3.05, 3.63) is 34.9 Å². The van der Waals surface area contributed by atoms with Gasteiger partial charge in [-0.25, -0.2) is 0 Å². The molecule has 3 heteroatoms. The first-order valence-corrected chi connectivity index (χ1v) is 6.47. The van der Waals surface area contributed by atoms with Crippen LogP contribution in [0, 0.1) is 16.7 Å². The summed E-state index contributed by atoms with van der Waals surface area (Å²) in [5.74, 6) is 0. The van der Waals surface area contributed by atoms with Crippen LogP contribution in [0.1, 0.15) is 20.3 Å². The fourth-order valence-electron chi connectivity index (χ4n) is 1.82. The number of fused-ring (bicyclic) bond motifs is 1. The van der Waals surface area contributed by atoms with E-state index in [-0.39, 0.29) is 5.41 Å². The van der Waals surface area contributed by atoms with Crippen molar-refractivity contribution in [1.82, 2.24) is 4.57 Å². The Labute approximate surface area is 110 Å². The normalized spacial score (nSPS) is 11.6. The molecule has 0 amide bonds. The third-order valence-corrected chi connectivity index (χ3v) is 3.51. The molecule has 0 aliphatic carbocycles. The van der Waals surface area contributed by atoms with Crippen LogP contribution in [0.4, 0.5) is 0 Å². The molecule has 1 aromatic heterocycles. The van der Waals surface area contributed by atoms with Crippen LogP contribution >= 0.6 is 15.9 Å². The molecule has 0 aliphatic heterocycles. The van der Waals surface area contributed by atoms with Gasteiger partial charge in [0.1, 0.15) is 0 Å². The topological polar surface area (TPSA) is 28.7 Å². The smallest absolute Gasteiger partial charge is 0.0684 e. The van der Waals surface area contributed by atoms with Gasteiger partial charge in [-0.15, -0.1) is 0 Å². The first-order valence-electron chi connectivity index (χ1n) is 5.67. The van der Waals surface area contributed by atoms with Crippen molar-refractivity contribution in [2.45, 2.75) is 26.8 Å². The summed E-state index contributed by atoms with van der Waals surface area (Å²) in [5.41, 5.74) is 0.966. The quantitative estimate of drug-likeness (QED) is 0.826. The van der Waals surface area contributed by atoms with Gasteiger partial charge in [0.2, 0.25) is 0 Å². The lowest BCUT2D eigenvalue weighted by atomic mass is 9.91. The number of halogens is 1. The highest BCUT2D eigenvalue weighted by atomic mass is 79.9. The van der Waals surface area contributed by atoms with Gasteiger partial charge in [0.05, 0.1) is 11.5 Å². The predicted molar refractivity (Wildman–Crippen MR) is 73.6 cm³/mol. The van der Waals surface area contributed by atoms with Gasteiger partial charge in [0.25, 0.3) is 0 Å². The second kappa shape index (κ2) is 4.54. The fourth-order valence-corrected chi connectivity index (χ4v) is 2.20. The van der Waals surface area contributed by atoms with Gasteiger partial charge < -0.3 is 4.57 Å². The van der Waals surface area contributed by atoms with Crippen molar-refractivity contribution in [3.8, 4) is 6.07 Å². The van der Waals surface area contributed by atoms with E-state index in [4.69, 9.17) is 5.26 Å². The second-order valence-electron chi connectivity index (χ2n) is 4.96. The molecule has 1 aromatic carbocycles. The van der Waals surface area contributed by atoms with Crippen LogP contribution in [-0.2, 0) is 6.54 Å². The highest BCUT2D eigenvalue weighted by Gasteiger charge is 2.16. The van der Waals surface area contributed by atoms with Gasteiger partial charge in [-0.2, -0.15) is 5.26 Å². The Morgan fingerprint density at radius 2 is 2.12 bits per heavy atom. The molecule has 2 rings (SSSR count). The Morgan fingerprint density at radius 3 is 2.82 bits per heavy atom. The van der Waals surface area contributed by atoms with Gasteiger partial charge in [-0.05, 0) is 44.5 Å². The molecule has 0 radical (unpaired) electrons. The monoisotopic (exact) mass is 290 g/mol. The summed E-state index contributed by atoms with van der Waals surface area (Å²) in [6.07, 6.45) is 2.95. The predicted octanol–water partition coefficient (Wildman–Crippen LogP) is 4.34. The third-order valence-electron chi connectivity index (χ3n) is 3.01. The van der Waals surface area contributed by atoms with Crippen LogP contribution in [0.2, 0.25) is 0 Å². The van der Waals surface area contributed by atoms with Crippen molar-refractivity contribution >= 4 is 26.8 Å². The zero-order chi connectivity index (χ0) is 12.5. The molecule has 17 heavy (non-hydrogen) atoms. The van der Waals surface area contributed by atoms with Crippen molar-refractivity contribution in [1.29, 1.82) is 5.26 Å². The van der Waals surface area contributed by atoms with Gasteiger partial charge in [0.15, 0.2) is 0 Å². The molecule has 1 heterocycles. The first kappa shape index (κ1) is 12.2. The van der Waals surface area contributed by atoms with E-state index in [1.807, 2.05) is 19.9 Å². The molecule has 0 atom stereocenters. The zero-order valence-corrected chi connectivity index (χ0v) is 11.7. The minimum absolute atomic E-state index is 0.258. The average molecular weight is 291 g/mol. The van der Waals surface area contributed by atoms with E-state index in [2.05, 4.69) is 51.0 Å². The summed E-state index contributed by atoms with van der Waals surface area (Å²) in [6.45, 7) is 4.84. The molecule has 0 N–H and O–H groups in total. The number of hydrogen-bond donors (Lipinski definition) is 0. The molecule has 88 valence electrons. The molecule has 0 fully saturated rings. The van der Waals surface area contributed by atoms with E-state index >= 15 is 0 Å². The van der Waals surface area contributed by atoms with Crippen LogP contribution in [0.25, 0.3) is 10.9 Å². The van der Waals surface area contributed by atoms with E-state index in [0.717, 1.165) is 17.4 Å². The molecular formula is C14H15BrN2. The van der Waals surface area contributed by atoms with Crippen LogP contribution in [0.5, 0.6) is 0 Å². The average Bonchev–Trinajstić information content (AvgIpc) is 2.69. The minimum atomic E-state index is -0.258. The Hall–Kier alpha value is -1.27. The summed E-state index contributed by atoms with van der Waals surface area (Å²) in [7, 11) is 0. The SMILES string of the molecule is CC(C)(C#N)CCn1ccc2cc(Br)ccc21. The van der Waals surface area contributed by atoms with E-state index in [1.165, 1.54) is 10.9 Å². The van der Waals surface area contributed by atoms with Crippen LogP contribution < -0.4 is 0 Å². The molecule has 2 nitrogen and oxygen atoms in total. The maximum atomic E-state index is 9.01. The maximum Gasteiger partial charge on any atom is 0.0684 e. The lowest BCUT2D eigenvalue weighted by Crippen LogP contribution is -2.11.